The lowest BCUT2D eigenvalue weighted by Crippen LogP contribution is -2.23. The molecular formula is C18H21N5O2S. The Labute approximate surface area is 155 Å². The summed E-state index contributed by atoms with van der Waals surface area (Å²) in [7, 11) is 0. The first-order valence-electron chi connectivity index (χ1n) is 8.51. The highest BCUT2D eigenvalue weighted by molar-refractivity contribution is 7.15. The van der Waals surface area contributed by atoms with Gasteiger partial charge in [0.25, 0.3) is 5.56 Å². The maximum absolute atomic E-state index is 12.5. The first-order chi connectivity index (χ1) is 12.4. The van der Waals surface area contributed by atoms with Crippen molar-refractivity contribution in [2.75, 3.05) is 5.32 Å². The smallest absolute Gasteiger partial charge is 0.261 e. The van der Waals surface area contributed by atoms with Crippen molar-refractivity contribution in [3.63, 3.8) is 0 Å². The molecule has 8 heteroatoms. The van der Waals surface area contributed by atoms with Crippen molar-refractivity contribution in [3.8, 4) is 0 Å². The van der Waals surface area contributed by atoms with Crippen LogP contribution >= 0.6 is 11.3 Å². The van der Waals surface area contributed by atoms with Gasteiger partial charge in [0.15, 0.2) is 0 Å². The Morgan fingerprint density at radius 2 is 2.12 bits per heavy atom. The van der Waals surface area contributed by atoms with Crippen LogP contribution < -0.4 is 10.9 Å². The molecule has 1 N–H and O–H groups in total. The minimum Gasteiger partial charge on any atom is -0.300 e. The van der Waals surface area contributed by atoms with Crippen LogP contribution in [0.2, 0.25) is 0 Å². The van der Waals surface area contributed by atoms with E-state index in [9.17, 15) is 9.59 Å². The van der Waals surface area contributed by atoms with E-state index in [4.69, 9.17) is 0 Å². The molecule has 0 radical (unpaired) electrons. The molecule has 0 saturated carbocycles. The third-order valence-electron chi connectivity index (χ3n) is 3.93. The number of carbonyl (C=O) groups is 1. The molecule has 0 fully saturated rings. The lowest BCUT2D eigenvalue weighted by atomic mass is 10.1. The van der Waals surface area contributed by atoms with E-state index in [0.717, 1.165) is 17.0 Å². The van der Waals surface area contributed by atoms with Crippen molar-refractivity contribution in [1.82, 2.24) is 19.7 Å². The van der Waals surface area contributed by atoms with Crippen LogP contribution in [-0.4, -0.2) is 25.7 Å². The van der Waals surface area contributed by atoms with E-state index in [1.807, 2.05) is 19.1 Å². The SMILES string of the molecule is Cc1cccc2c(=O)n(CCC(=O)Nc3nnc(CC(C)C)s3)cnc12. The summed E-state index contributed by atoms with van der Waals surface area (Å²) in [5.74, 6) is 0.288. The third kappa shape index (κ3) is 4.13. The Hall–Kier alpha value is -2.61. The molecule has 0 aliphatic carbocycles. The van der Waals surface area contributed by atoms with Gasteiger partial charge in [-0.2, -0.15) is 0 Å². The maximum Gasteiger partial charge on any atom is 0.261 e. The number of nitrogens with one attached hydrogen (secondary N) is 1. The lowest BCUT2D eigenvalue weighted by Gasteiger charge is -2.07. The summed E-state index contributed by atoms with van der Waals surface area (Å²) < 4.78 is 1.46. The molecule has 0 aliphatic heterocycles. The number of nitrogens with zero attached hydrogens (tertiary/aromatic N) is 4. The topological polar surface area (TPSA) is 89.8 Å². The largest absolute Gasteiger partial charge is 0.300 e. The van der Waals surface area contributed by atoms with Crippen LogP contribution in [-0.2, 0) is 17.8 Å². The number of anilines is 1. The lowest BCUT2D eigenvalue weighted by molar-refractivity contribution is -0.116. The van der Waals surface area contributed by atoms with E-state index in [0.29, 0.717) is 22.0 Å². The molecule has 0 spiro atoms. The molecule has 3 aromatic rings. The summed E-state index contributed by atoms with van der Waals surface area (Å²) in [6.45, 7) is 6.40. The van der Waals surface area contributed by atoms with Crippen LogP contribution in [0.3, 0.4) is 0 Å². The Bertz CT molecular complexity index is 993. The highest BCUT2D eigenvalue weighted by Gasteiger charge is 2.11. The number of carbonyl (C=O) groups excluding carboxylic acids is 1. The van der Waals surface area contributed by atoms with E-state index in [-0.39, 0.29) is 24.4 Å². The number of amides is 1. The van der Waals surface area contributed by atoms with E-state index in [1.54, 1.807) is 6.07 Å². The molecule has 0 unspecified atom stereocenters. The van der Waals surface area contributed by atoms with Crippen molar-refractivity contribution >= 4 is 33.3 Å². The van der Waals surface area contributed by atoms with Gasteiger partial charge in [-0.05, 0) is 24.5 Å². The van der Waals surface area contributed by atoms with Gasteiger partial charge in [-0.3, -0.25) is 14.2 Å². The number of rotatable bonds is 6. The quantitative estimate of drug-likeness (QED) is 0.720. The molecule has 2 heterocycles. The summed E-state index contributed by atoms with van der Waals surface area (Å²) in [4.78, 5) is 29.0. The number of hydrogen-bond donors (Lipinski definition) is 1. The van der Waals surface area contributed by atoms with E-state index < -0.39 is 0 Å². The monoisotopic (exact) mass is 371 g/mol. The maximum atomic E-state index is 12.5. The number of fused-ring (bicyclic) bond motifs is 1. The van der Waals surface area contributed by atoms with Gasteiger partial charge in [-0.15, -0.1) is 10.2 Å². The first-order valence-corrected chi connectivity index (χ1v) is 9.32. The van der Waals surface area contributed by atoms with Gasteiger partial charge in [0, 0.05) is 19.4 Å². The molecule has 7 nitrogen and oxygen atoms in total. The minimum absolute atomic E-state index is 0.137. The van der Waals surface area contributed by atoms with Crippen LogP contribution in [0, 0.1) is 12.8 Å². The van der Waals surface area contributed by atoms with Gasteiger partial charge >= 0.3 is 0 Å². The van der Waals surface area contributed by atoms with Crippen LogP contribution in [0.15, 0.2) is 29.3 Å². The average Bonchev–Trinajstić information content (AvgIpc) is 3.01. The van der Waals surface area contributed by atoms with Crippen LogP contribution in [0.25, 0.3) is 10.9 Å². The second-order valence-corrected chi connectivity index (χ2v) is 7.67. The predicted octanol–water partition coefficient (Wildman–Crippen LogP) is 2.78. The Balaban J connectivity index is 1.64. The van der Waals surface area contributed by atoms with Gasteiger partial charge < -0.3 is 5.32 Å². The van der Waals surface area contributed by atoms with Crippen LogP contribution in [0.1, 0.15) is 30.8 Å². The zero-order valence-corrected chi connectivity index (χ0v) is 15.8. The van der Waals surface area contributed by atoms with E-state index in [1.165, 1.54) is 22.2 Å². The summed E-state index contributed by atoms with van der Waals surface area (Å²) in [6.07, 6.45) is 2.50. The Kier molecular flexibility index (Phi) is 5.41. The van der Waals surface area contributed by atoms with Crippen LogP contribution in [0.5, 0.6) is 0 Å². The summed E-state index contributed by atoms with van der Waals surface area (Å²) in [5.41, 5.74) is 1.52. The zero-order chi connectivity index (χ0) is 18.7. The highest BCUT2D eigenvalue weighted by Crippen LogP contribution is 2.18. The molecule has 26 heavy (non-hydrogen) atoms. The molecular weight excluding hydrogens is 350 g/mol. The van der Waals surface area contributed by atoms with Crippen molar-refractivity contribution < 1.29 is 4.79 Å². The molecule has 1 amide bonds. The molecule has 3 rings (SSSR count). The second kappa shape index (κ2) is 7.74. The third-order valence-corrected chi connectivity index (χ3v) is 4.79. The van der Waals surface area contributed by atoms with E-state index >= 15 is 0 Å². The van der Waals surface area contributed by atoms with Gasteiger partial charge in [0.1, 0.15) is 5.01 Å². The first kappa shape index (κ1) is 18.2. The second-order valence-electron chi connectivity index (χ2n) is 6.61. The van der Waals surface area contributed by atoms with Gasteiger partial charge in [-0.25, -0.2) is 4.98 Å². The zero-order valence-electron chi connectivity index (χ0n) is 15.0. The highest BCUT2D eigenvalue weighted by atomic mass is 32.1. The number of aryl methyl sites for hydroxylation is 2. The molecule has 0 bridgehead atoms. The summed E-state index contributed by atoms with van der Waals surface area (Å²) in [5, 5.41) is 12.8. The Morgan fingerprint density at radius 1 is 1.31 bits per heavy atom. The van der Waals surface area contributed by atoms with Gasteiger partial charge in [-0.1, -0.05) is 37.3 Å². The molecule has 0 aliphatic rings. The average molecular weight is 371 g/mol. The number of benzene rings is 1. The molecule has 0 atom stereocenters. The molecule has 136 valence electrons. The number of aromatic nitrogens is 4. The fraction of sp³-hybridized carbons (Fsp3) is 0.389. The van der Waals surface area contributed by atoms with Crippen molar-refractivity contribution in [3.05, 3.63) is 45.5 Å². The molecule has 1 aromatic carbocycles. The van der Waals surface area contributed by atoms with Gasteiger partial charge in [0.2, 0.25) is 11.0 Å². The standard InChI is InChI=1S/C18H21N5O2S/c1-11(2)9-15-21-22-18(26-15)20-14(24)7-8-23-10-19-16-12(3)5-4-6-13(16)17(23)25/h4-6,10-11H,7-9H2,1-3H3,(H,20,22,24). The fourth-order valence-electron chi connectivity index (χ4n) is 2.64. The summed E-state index contributed by atoms with van der Waals surface area (Å²) >= 11 is 1.38. The number of para-hydroxylation sites is 1. The normalized spacial score (nSPS) is 11.2. The molecule has 0 saturated heterocycles. The number of hydrogen-bond acceptors (Lipinski definition) is 6. The Morgan fingerprint density at radius 3 is 2.88 bits per heavy atom. The van der Waals surface area contributed by atoms with Crippen molar-refractivity contribution in [1.29, 1.82) is 0 Å². The van der Waals surface area contributed by atoms with Crippen molar-refractivity contribution in [2.24, 2.45) is 5.92 Å². The van der Waals surface area contributed by atoms with Crippen LogP contribution in [0.4, 0.5) is 5.13 Å². The predicted molar refractivity (Wildman–Crippen MR) is 102 cm³/mol. The van der Waals surface area contributed by atoms with E-state index in [2.05, 4.69) is 34.3 Å². The van der Waals surface area contributed by atoms with Crippen molar-refractivity contribution in [2.45, 2.75) is 40.2 Å². The molecule has 2 aromatic heterocycles. The fourth-order valence-corrected chi connectivity index (χ4v) is 3.60. The summed E-state index contributed by atoms with van der Waals surface area (Å²) in [6, 6.07) is 5.51. The minimum atomic E-state index is -0.200. The van der Waals surface area contributed by atoms with Gasteiger partial charge in [0.05, 0.1) is 17.2 Å².